The highest BCUT2D eigenvalue weighted by molar-refractivity contribution is 6.30. The number of benzene rings is 1. The van der Waals surface area contributed by atoms with Gasteiger partial charge in [0.1, 0.15) is 5.60 Å². The summed E-state index contributed by atoms with van der Waals surface area (Å²) < 4.78 is 5.60. The summed E-state index contributed by atoms with van der Waals surface area (Å²) in [5, 5.41) is 5.12. The Kier molecular flexibility index (Phi) is 6.08. The summed E-state index contributed by atoms with van der Waals surface area (Å²) in [4.78, 5) is 25.2. The summed E-state index contributed by atoms with van der Waals surface area (Å²) in [5.74, 6) is 5.30. The number of halogens is 1. The fraction of sp³-hybridized carbons (Fsp3) is 0.556. The second-order valence-electron chi connectivity index (χ2n) is 7.51. The molecule has 1 heterocycles. The molecule has 1 aliphatic heterocycles. The molecule has 1 aliphatic rings. The smallest absolute Gasteiger partial charge is 0.314 e. The molecule has 6 nitrogen and oxygen atoms in total. The summed E-state index contributed by atoms with van der Waals surface area (Å²) in [7, 11) is 0. The number of hydrazine groups is 1. The largest absolute Gasteiger partial charge is 0.459 e. The monoisotopic (exact) mass is 367 g/mol. The second-order valence-corrected chi connectivity index (χ2v) is 7.94. The molecule has 7 heteroatoms. The van der Waals surface area contributed by atoms with Gasteiger partial charge in [-0.15, -0.1) is 0 Å². The van der Waals surface area contributed by atoms with E-state index in [4.69, 9.17) is 22.2 Å². The zero-order valence-electron chi connectivity index (χ0n) is 15.0. The fourth-order valence-electron chi connectivity index (χ4n) is 2.74. The minimum absolute atomic E-state index is 0.219. The molecule has 0 unspecified atom stereocenters. The molecule has 0 radical (unpaired) electrons. The van der Waals surface area contributed by atoms with Gasteiger partial charge >= 0.3 is 5.97 Å². The van der Waals surface area contributed by atoms with Gasteiger partial charge in [-0.25, -0.2) is 5.01 Å². The van der Waals surface area contributed by atoms with Crippen molar-refractivity contribution in [3.05, 3.63) is 34.9 Å². The first-order valence-electron chi connectivity index (χ1n) is 8.38. The van der Waals surface area contributed by atoms with Gasteiger partial charge in [0, 0.05) is 30.2 Å². The number of amides is 1. The molecule has 0 aromatic heterocycles. The molecule has 138 valence electrons. The summed E-state index contributed by atoms with van der Waals surface area (Å²) in [5.41, 5.74) is -0.838. The number of hydrogen-bond donors (Lipinski definition) is 2. The molecule has 1 amide bonds. The maximum atomic E-state index is 12.8. The lowest BCUT2D eigenvalue weighted by molar-refractivity contribution is -0.170. The second kappa shape index (κ2) is 7.72. The van der Waals surface area contributed by atoms with Crippen LogP contribution in [0.4, 0.5) is 0 Å². The highest BCUT2D eigenvalue weighted by atomic mass is 35.5. The molecular weight excluding hydrogens is 342 g/mol. The van der Waals surface area contributed by atoms with Crippen LogP contribution in [-0.4, -0.2) is 42.1 Å². The van der Waals surface area contributed by atoms with Crippen LogP contribution in [-0.2, 0) is 9.53 Å². The van der Waals surface area contributed by atoms with Gasteiger partial charge in [-0.3, -0.25) is 15.4 Å². The van der Waals surface area contributed by atoms with Gasteiger partial charge in [-0.2, -0.15) is 0 Å². The van der Waals surface area contributed by atoms with Gasteiger partial charge in [0.2, 0.25) is 0 Å². The number of hydrogen-bond acceptors (Lipinski definition) is 5. The van der Waals surface area contributed by atoms with Gasteiger partial charge in [0.25, 0.3) is 5.91 Å². The zero-order valence-corrected chi connectivity index (χ0v) is 15.7. The fourth-order valence-corrected chi connectivity index (χ4v) is 2.87. The van der Waals surface area contributed by atoms with Crippen molar-refractivity contribution in [2.24, 2.45) is 11.3 Å². The van der Waals surface area contributed by atoms with E-state index in [9.17, 15) is 9.59 Å². The first-order chi connectivity index (χ1) is 11.6. The number of carbonyl (C=O) groups excluding carboxylic acids is 2. The van der Waals surface area contributed by atoms with Crippen LogP contribution in [0.2, 0.25) is 5.02 Å². The van der Waals surface area contributed by atoms with Crippen molar-refractivity contribution in [3.8, 4) is 0 Å². The van der Waals surface area contributed by atoms with E-state index in [1.165, 1.54) is 0 Å². The van der Waals surface area contributed by atoms with E-state index in [1.54, 1.807) is 29.3 Å². The molecule has 0 saturated carbocycles. The number of nitrogens with two attached hydrogens (primary N) is 1. The van der Waals surface area contributed by atoms with Crippen LogP contribution in [0.5, 0.6) is 0 Å². The molecule has 2 rings (SSSR count). The van der Waals surface area contributed by atoms with E-state index in [0.717, 1.165) is 0 Å². The van der Waals surface area contributed by atoms with Crippen LogP contribution in [0, 0.1) is 5.41 Å². The number of nitrogens with one attached hydrogen (secondary N) is 1. The molecule has 0 aliphatic carbocycles. The van der Waals surface area contributed by atoms with Crippen LogP contribution in [0.1, 0.15) is 44.0 Å². The van der Waals surface area contributed by atoms with E-state index < -0.39 is 11.0 Å². The number of ether oxygens (including phenoxy) is 1. The van der Waals surface area contributed by atoms with Crippen molar-refractivity contribution in [1.29, 1.82) is 0 Å². The molecule has 0 spiro atoms. The van der Waals surface area contributed by atoms with Crippen molar-refractivity contribution in [2.45, 2.75) is 39.2 Å². The third-order valence-corrected chi connectivity index (χ3v) is 4.53. The van der Waals surface area contributed by atoms with Crippen LogP contribution in [0.3, 0.4) is 0 Å². The van der Waals surface area contributed by atoms with E-state index in [2.05, 4.69) is 5.32 Å². The average Bonchev–Trinajstić information content (AvgIpc) is 2.53. The lowest BCUT2D eigenvalue weighted by Gasteiger charge is -2.39. The Morgan fingerprint density at radius 3 is 2.32 bits per heavy atom. The summed E-state index contributed by atoms with van der Waals surface area (Å²) in [6.45, 7) is 6.89. The normalized spacial score (nSPS) is 17.8. The Morgan fingerprint density at radius 2 is 1.80 bits per heavy atom. The molecule has 0 bridgehead atoms. The Hall–Kier alpha value is -1.63. The van der Waals surface area contributed by atoms with Gasteiger partial charge in [0.15, 0.2) is 0 Å². The molecule has 0 atom stereocenters. The molecule has 1 aromatic rings. The van der Waals surface area contributed by atoms with Crippen LogP contribution in [0.15, 0.2) is 24.3 Å². The lowest BCUT2D eigenvalue weighted by atomic mass is 9.78. The van der Waals surface area contributed by atoms with Crippen molar-refractivity contribution in [1.82, 2.24) is 10.3 Å². The maximum absolute atomic E-state index is 12.8. The number of esters is 1. The maximum Gasteiger partial charge on any atom is 0.314 e. The van der Waals surface area contributed by atoms with Gasteiger partial charge in [-0.1, -0.05) is 11.6 Å². The number of carbonyl (C=O) groups is 2. The van der Waals surface area contributed by atoms with Crippen LogP contribution in [0.25, 0.3) is 0 Å². The molecule has 25 heavy (non-hydrogen) atoms. The van der Waals surface area contributed by atoms with Crippen LogP contribution >= 0.6 is 11.6 Å². The number of piperidine rings is 1. The van der Waals surface area contributed by atoms with E-state index in [1.807, 2.05) is 20.8 Å². The summed E-state index contributed by atoms with van der Waals surface area (Å²) in [6.07, 6.45) is 1.08. The third-order valence-electron chi connectivity index (χ3n) is 4.28. The zero-order chi connectivity index (χ0) is 18.7. The minimum Gasteiger partial charge on any atom is -0.459 e. The molecular formula is C18H26ClN3O3. The van der Waals surface area contributed by atoms with Gasteiger partial charge in [0.05, 0.1) is 5.41 Å². The highest BCUT2D eigenvalue weighted by Gasteiger charge is 2.44. The Morgan fingerprint density at radius 1 is 1.24 bits per heavy atom. The Bertz CT molecular complexity index is 617. The predicted molar refractivity (Wildman–Crippen MR) is 97.1 cm³/mol. The van der Waals surface area contributed by atoms with Crippen molar-refractivity contribution < 1.29 is 14.3 Å². The highest BCUT2D eigenvalue weighted by Crippen LogP contribution is 2.33. The Labute approximate surface area is 153 Å². The summed E-state index contributed by atoms with van der Waals surface area (Å²) in [6, 6.07) is 6.63. The van der Waals surface area contributed by atoms with E-state index in [0.29, 0.717) is 36.5 Å². The topological polar surface area (TPSA) is 84.7 Å². The quantitative estimate of drug-likeness (QED) is 0.630. The van der Waals surface area contributed by atoms with Gasteiger partial charge in [-0.05, 0) is 57.9 Å². The van der Waals surface area contributed by atoms with Crippen LogP contribution < -0.4 is 11.2 Å². The predicted octanol–water partition coefficient (Wildman–Crippen LogP) is 2.37. The van der Waals surface area contributed by atoms with E-state index in [-0.39, 0.29) is 18.4 Å². The van der Waals surface area contributed by atoms with Crippen molar-refractivity contribution in [3.63, 3.8) is 0 Å². The SMILES string of the molecule is CC(C)(C)OC(=O)C1(CNC(=O)c2ccc(Cl)cc2)CCN(N)CC1. The lowest BCUT2D eigenvalue weighted by Crippen LogP contribution is -2.53. The molecule has 3 N–H and O–H groups in total. The molecule has 1 fully saturated rings. The first-order valence-corrected chi connectivity index (χ1v) is 8.76. The standard InChI is InChI=1S/C18H26ClN3O3/c1-17(2,3)25-16(24)18(8-10-22(20)11-9-18)12-21-15(23)13-4-6-14(19)7-5-13/h4-7H,8-12,20H2,1-3H3,(H,21,23). The molecule has 1 aromatic carbocycles. The van der Waals surface area contributed by atoms with Gasteiger partial charge < -0.3 is 10.1 Å². The van der Waals surface area contributed by atoms with Crippen molar-refractivity contribution >= 4 is 23.5 Å². The molecule has 1 saturated heterocycles. The summed E-state index contributed by atoms with van der Waals surface area (Å²) >= 11 is 5.84. The average molecular weight is 368 g/mol. The Balaban J connectivity index is 2.09. The third kappa shape index (κ3) is 5.42. The van der Waals surface area contributed by atoms with E-state index >= 15 is 0 Å². The van der Waals surface area contributed by atoms with Crippen molar-refractivity contribution in [2.75, 3.05) is 19.6 Å². The minimum atomic E-state index is -0.759. The number of rotatable bonds is 4. The number of nitrogens with zero attached hydrogens (tertiary/aromatic N) is 1. The first kappa shape index (κ1) is 19.7.